The van der Waals surface area contributed by atoms with Crippen molar-refractivity contribution in [2.75, 3.05) is 18.8 Å². The van der Waals surface area contributed by atoms with Gasteiger partial charge in [0, 0.05) is 18.4 Å². The number of carbonyl (C=O) groups excluding carboxylic acids is 1. The Kier molecular flexibility index (Phi) is 15.0. The first-order valence-corrected chi connectivity index (χ1v) is 14.2. The minimum Gasteiger partial charge on any atom is -0.748 e. The molecule has 1 aromatic rings. The second-order valence-corrected chi connectivity index (χ2v) is 10.5. The minimum atomic E-state index is -3.91. The van der Waals surface area contributed by atoms with Crippen LogP contribution in [0.3, 0.4) is 0 Å². The van der Waals surface area contributed by atoms with Gasteiger partial charge < -0.3 is 9.08 Å². The van der Waals surface area contributed by atoms with Gasteiger partial charge in [-0.1, -0.05) is 77.3 Å². The van der Waals surface area contributed by atoms with Crippen LogP contribution in [0.4, 0.5) is 0 Å². The van der Waals surface area contributed by atoms with Gasteiger partial charge in [0.1, 0.15) is 6.26 Å². The van der Waals surface area contributed by atoms with Crippen molar-refractivity contribution < 1.29 is 26.8 Å². The van der Waals surface area contributed by atoms with Crippen molar-refractivity contribution in [2.45, 2.75) is 97.6 Å². The van der Waals surface area contributed by atoms with Crippen LogP contribution < -0.4 is 0 Å². The van der Waals surface area contributed by atoms with Gasteiger partial charge in [0.25, 0.3) is 0 Å². The normalized spacial score (nSPS) is 18.0. The van der Waals surface area contributed by atoms with Gasteiger partial charge in [-0.05, 0) is 25.0 Å². The molecule has 1 saturated heterocycles. The van der Waals surface area contributed by atoms with E-state index in [1.54, 1.807) is 11.0 Å². The molecule has 1 unspecified atom stereocenters. The van der Waals surface area contributed by atoms with Crippen LogP contribution in [-0.4, -0.2) is 46.9 Å². The maximum atomic E-state index is 12.6. The van der Waals surface area contributed by atoms with Crippen LogP contribution in [0.1, 0.15) is 90.9 Å². The van der Waals surface area contributed by atoms with E-state index in [0.717, 1.165) is 25.9 Å². The van der Waals surface area contributed by atoms with Crippen LogP contribution in [0.2, 0.25) is 0 Å². The molecule has 190 valence electrons. The minimum absolute atomic E-state index is 0.312. The third-order valence-corrected chi connectivity index (χ3v) is 6.78. The van der Waals surface area contributed by atoms with Gasteiger partial charge in [0.2, 0.25) is 0 Å². The van der Waals surface area contributed by atoms with Crippen molar-refractivity contribution >= 4 is 16.0 Å². The average Bonchev–Trinajstić information content (AvgIpc) is 3.11. The predicted octanol–water partition coefficient (Wildman–Crippen LogP) is 5.77. The van der Waals surface area contributed by atoms with E-state index in [2.05, 4.69) is 6.92 Å². The maximum absolute atomic E-state index is 12.6. The Hall–Kier alpha value is -1.64. The lowest BCUT2D eigenvalue weighted by Gasteiger charge is -2.31. The number of amides is 1. The first-order valence-electron chi connectivity index (χ1n) is 12.6. The summed E-state index contributed by atoms with van der Waals surface area (Å²) in [6.07, 6.45) is 18.6. The lowest BCUT2D eigenvalue weighted by Crippen LogP contribution is -2.50. The van der Waals surface area contributed by atoms with Crippen LogP contribution in [0.5, 0.6) is 0 Å². The molecule has 0 bridgehead atoms. The van der Waals surface area contributed by atoms with Gasteiger partial charge in [0.15, 0.2) is 6.67 Å². The Morgan fingerprint density at radius 1 is 0.939 bits per heavy atom. The zero-order valence-corrected chi connectivity index (χ0v) is 21.4. The highest BCUT2D eigenvalue weighted by Gasteiger charge is 2.41. The van der Waals surface area contributed by atoms with Crippen molar-refractivity contribution in [3.05, 3.63) is 36.7 Å². The molecule has 0 aromatic carbocycles. The molecule has 7 nitrogen and oxygen atoms in total. The number of hydrogen-bond acceptors (Lipinski definition) is 5. The quantitative estimate of drug-likeness (QED) is 0.190. The highest BCUT2D eigenvalue weighted by atomic mass is 32.2. The molecule has 8 heteroatoms. The summed E-state index contributed by atoms with van der Waals surface area (Å²) >= 11 is 0. The summed E-state index contributed by atoms with van der Waals surface area (Å²) in [5, 5.41) is 0. The van der Waals surface area contributed by atoms with Gasteiger partial charge in [-0.2, -0.15) is 4.74 Å². The maximum Gasteiger partial charge on any atom is 0.315 e. The average molecular weight is 485 g/mol. The summed E-state index contributed by atoms with van der Waals surface area (Å²) in [5.41, 5.74) is 0. The highest BCUT2D eigenvalue weighted by Crippen LogP contribution is 2.24. The van der Waals surface area contributed by atoms with Crippen LogP contribution in [0.15, 0.2) is 41.2 Å². The Labute approximate surface area is 200 Å². The smallest absolute Gasteiger partial charge is 0.315 e. The number of quaternary nitrogens is 1. The fourth-order valence-corrected chi connectivity index (χ4v) is 4.07. The molecular formula is C25H44N2O5S. The van der Waals surface area contributed by atoms with Gasteiger partial charge in [0.05, 0.1) is 29.6 Å². The molecule has 0 aliphatic carbocycles. The van der Waals surface area contributed by atoms with E-state index >= 15 is 0 Å². The molecule has 2 rings (SSSR count). The van der Waals surface area contributed by atoms with E-state index in [9.17, 15) is 17.8 Å². The summed E-state index contributed by atoms with van der Waals surface area (Å²) in [6, 6.07) is 7.74. The number of unbranched alkanes of at least 4 members (excludes halogenated alkanes) is 9. The first-order chi connectivity index (χ1) is 15.8. The lowest BCUT2D eigenvalue weighted by atomic mass is 10.1. The van der Waals surface area contributed by atoms with E-state index in [0.29, 0.717) is 23.5 Å². The van der Waals surface area contributed by atoms with Gasteiger partial charge in [-0.15, -0.1) is 0 Å². The number of hydrogen-bond donors (Lipinski definition) is 0. The standard InChI is InChI=1S/C23H39N2O2.C2H6O3S/c1-2-3-4-5-6-7-8-9-11-14-19-25(20-16-17-23(25)26)22-24-18-13-10-12-15-21-27-24;1-2-6(3,4)5/h10,12-13,15,18,21H,2-9,11,14,16-17,19-20,22H2,1H3;2H2,1H3,(H,3,4,5)/q+1;/p-1. The fraction of sp³-hybridized carbons (Fsp3) is 0.720. The summed E-state index contributed by atoms with van der Waals surface area (Å²) < 4.78 is 36.4. The third kappa shape index (κ3) is 13.6. The Bertz CT molecular complexity index is 782. The number of nitrogens with zero attached hydrogens (tertiary/aromatic N) is 2. The number of rotatable bonds is 14. The van der Waals surface area contributed by atoms with Crippen molar-refractivity contribution in [2.24, 2.45) is 0 Å². The summed E-state index contributed by atoms with van der Waals surface area (Å²) in [6.45, 7) is 6.09. The molecule has 1 amide bonds. The Morgan fingerprint density at radius 2 is 1.52 bits per heavy atom. The Balaban J connectivity index is 0.000000801. The molecule has 2 heterocycles. The Morgan fingerprint density at radius 3 is 2.06 bits per heavy atom. The van der Waals surface area contributed by atoms with Crippen molar-refractivity contribution in [1.29, 1.82) is 0 Å². The second kappa shape index (κ2) is 16.9. The van der Waals surface area contributed by atoms with E-state index in [1.807, 2.05) is 30.5 Å². The lowest BCUT2D eigenvalue weighted by molar-refractivity contribution is -0.871. The van der Waals surface area contributed by atoms with Crippen LogP contribution in [-0.2, 0) is 21.6 Å². The number of carbonyl (C=O) groups is 1. The molecule has 0 spiro atoms. The van der Waals surface area contributed by atoms with Crippen molar-refractivity contribution in [3.63, 3.8) is 0 Å². The van der Waals surface area contributed by atoms with E-state index in [4.69, 9.17) is 4.52 Å². The molecule has 0 radical (unpaired) electrons. The highest BCUT2D eigenvalue weighted by molar-refractivity contribution is 7.85. The first kappa shape index (κ1) is 29.4. The van der Waals surface area contributed by atoms with E-state index < -0.39 is 10.1 Å². The molecule has 1 atom stereocenters. The van der Waals surface area contributed by atoms with E-state index in [-0.39, 0.29) is 5.75 Å². The van der Waals surface area contributed by atoms with Gasteiger partial charge in [-0.3, -0.25) is 0 Å². The molecule has 1 aliphatic heterocycles. The molecule has 1 aromatic heterocycles. The molecule has 33 heavy (non-hydrogen) atoms. The van der Waals surface area contributed by atoms with Crippen molar-refractivity contribution in [3.8, 4) is 0 Å². The summed E-state index contributed by atoms with van der Waals surface area (Å²) in [4.78, 5) is 12.6. The zero-order chi connectivity index (χ0) is 24.4. The van der Waals surface area contributed by atoms with Crippen LogP contribution in [0, 0.1) is 0 Å². The third-order valence-electron chi connectivity index (χ3n) is 6.07. The zero-order valence-electron chi connectivity index (χ0n) is 20.6. The van der Waals surface area contributed by atoms with Crippen LogP contribution in [0.25, 0.3) is 0 Å². The monoisotopic (exact) mass is 484 g/mol. The van der Waals surface area contributed by atoms with Crippen LogP contribution >= 0.6 is 0 Å². The summed E-state index contributed by atoms with van der Waals surface area (Å²) in [5.74, 6) is 0.0667. The molecule has 1 aliphatic rings. The van der Waals surface area contributed by atoms with Gasteiger partial charge in [-0.25, -0.2) is 17.7 Å². The largest absolute Gasteiger partial charge is 0.748 e. The molecule has 0 saturated carbocycles. The topological polar surface area (TPSA) is 92.3 Å². The second-order valence-electron chi connectivity index (χ2n) is 8.84. The fourth-order valence-electron chi connectivity index (χ4n) is 4.07. The summed E-state index contributed by atoms with van der Waals surface area (Å²) in [7, 11) is -3.91. The molecular weight excluding hydrogens is 440 g/mol. The van der Waals surface area contributed by atoms with Crippen molar-refractivity contribution in [1.82, 2.24) is 4.74 Å². The number of aromatic nitrogens is 1. The number of likely N-dealkylation sites (tertiary alicyclic amines) is 1. The molecule has 0 N–H and O–H groups in total. The predicted molar refractivity (Wildman–Crippen MR) is 131 cm³/mol. The molecule has 1 fully saturated rings. The SMILES string of the molecule is CCCCCCCCCCCC[N+]1(Cn2cccccco2)CCCC1=O.CCS(=O)(=O)[O-]. The van der Waals surface area contributed by atoms with E-state index in [1.165, 1.54) is 64.7 Å². The van der Waals surface area contributed by atoms with Gasteiger partial charge >= 0.3 is 5.91 Å².